The van der Waals surface area contributed by atoms with Crippen molar-refractivity contribution in [2.45, 2.75) is 19.4 Å². The number of nitrogens with zero attached hydrogens (tertiary/aromatic N) is 2. The van der Waals surface area contributed by atoms with Gasteiger partial charge in [0.05, 0.1) is 15.5 Å². The van der Waals surface area contributed by atoms with E-state index in [1.807, 2.05) is 24.9 Å². The Kier molecular flexibility index (Phi) is 3.98. The summed E-state index contributed by atoms with van der Waals surface area (Å²) in [6.45, 7) is 2.00. The van der Waals surface area contributed by atoms with Gasteiger partial charge in [0, 0.05) is 30.1 Å². The molecule has 0 bridgehead atoms. The molecule has 0 radical (unpaired) electrons. The van der Waals surface area contributed by atoms with Gasteiger partial charge in [-0.2, -0.15) is 5.10 Å². The monoisotopic (exact) mass is 314 g/mol. The van der Waals surface area contributed by atoms with Crippen molar-refractivity contribution >= 4 is 27.3 Å². The molecule has 92 valence electrons. The predicted octanol–water partition coefficient (Wildman–Crippen LogP) is 2.30. The molecule has 0 aromatic carbocycles. The molecule has 4 nitrogen and oxygen atoms in total. The third-order valence-electron chi connectivity index (χ3n) is 2.66. The third-order valence-corrected chi connectivity index (χ3v) is 4.31. The number of hydrogen-bond donors (Lipinski definition) is 2. The molecule has 2 heterocycles. The Morgan fingerprint density at radius 1 is 1.59 bits per heavy atom. The molecule has 2 aromatic rings. The van der Waals surface area contributed by atoms with E-state index in [1.165, 1.54) is 4.88 Å². The van der Waals surface area contributed by atoms with E-state index in [9.17, 15) is 0 Å². The molecule has 0 aliphatic carbocycles. The van der Waals surface area contributed by atoms with Gasteiger partial charge in [-0.15, -0.1) is 11.3 Å². The average Bonchev–Trinajstić information content (AvgIpc) is 2.82. The summed E-state index contributed by atoms with van der Waals surface area (Å²) >= 11 is 5.20. The van der Waals surface area contributed by atoms with Crippen LogP contribution in [0.1, 0.15) is 22.2 Å². The topological polar surface area (TPSA) is 55.9 Å². The maximum Gasteiger partial charge on any atom is 0.0701 e. The van der Waals surface area contributed by atoms with Crippen LogP contribution in [0.15, 0.2) is 22.1 Å². The summed E-state index contributed by atoms with van der Waals surface area (Å²) in [5.41, 5.74) is 5.04. The van der Waals surface area contributed by atoms with Crippen LogP contribution in [0.4, 0.5) is 0 Å². The van der Waals surface area contributed by atoms with Crippen molar-refractivity contribution in [3.8, 4) is 0 Å². The molecule has 2 aromatic heterocycles. The van der Waals surface area contributed by atoms with Gasteiger partial charge in [-0.1, -0.05) is 0 Å². The highest BCUT2D eigenvalue weighted by molar-refractivity contribution is 9.11. The molecule has 1 atom stereocenters. The van der Waals surface area contributed by atoms with Crippen LogP contribution in [-0.4, -0.2) is 9.78 Å². The van der Waals surface area contributed by atoms with Crippen molar-refractivity contribution in [1.29, 1.82) is 0 Å². The van der Waals surface area contributed by atoms with Crippen molar-refractivity contribution in [3.63, 3.8) is 0 Å². The molecule has 17 heavy (non-hydrogen) atoms. The minimum Gasteiger partial charge on any atom is -0.275 e. The minimum absolute atomic E-state index is 0.106. The van der Waals surface area contributed by atoms with E-state index in [2.05, 4.69) is 38.6 Å². The van der Waals surface area contributed by atoms with Crippen molar-refractivity contribution in [2.24, 2.45) is 12.9 Å². The number of aromatic nitrogens is 2. The lowest BCUT2D eigenvalue weighted by Gasteiger charge is -2.13. The summed E-state index contributed by atoms with van der Waals surface area (Å²) in [6.07, 6.45) is 2.89. The van der Waals surface area contributed by atoms with E-state index in [0.29, 0.717) is 0 Å². The summed E-state index contributed by atoms with van der Waals surface area (Å²) in [7, 11) is 1.92. The van der Waals surface area contributed by atoms with Gasteiger partial charge >= 0.3 is 0 Å². The van der Waals surface area contributed by atoms with E-state index in [0.717, 1.165) is 21.5 Å². The van der Waals surface area contributed by atoms with E-state index >= 15 is 0 Å². The first kappa shape index (κ1) is 12.8. The number of thiophene rings is 1. The zero-order valence-electron chi connectivity index (χ0n) is 9.77. The van der Waals surface area contributed by atoms with Gasteiger partial charge in [-0.05, 0) is 35.0 Å². The Labute approximate surface area is 113 Å². The highest BCUT2D eigenvalue weighted by Gasteiger charge is 2.16. The lowest BCUT2D eigenvalue weighted by molar-refractivity contribution is 0.553. The van der Waals surface area contributed by atoms with Crippen LogP contribution in [0, 0.1) is 6.92 Å². The van der Waals surface area contributed by atoms with E-state index in [1.54, 1.807) is 11.3 Å². The fourth-order valence-electron chi connectivity index (χ4n) is 1.88. The van der Waals surface area contributed by atoms with E-state index in [-0.39, 0.29) is 6.04 Å². The Morgan fingerprint density at radius 3 is 2.82 bits per heavy atom. The first-order chi connectivity index (χ1) is 8.10. The van der Waals surface area contributed by atoms with Crippen molar-refractivity contribution in [1.82, 2.24) is 15.2 Å². The van der Waals surface area contributed by atoms with Crippen molar-refractivity contribution < 1.29 is 0 Å². The largest absolute Gasteiger partial charge is 0.275 e. The summed E-state index contributed by atoms with van der Waals surface area (Å²) in [6, 6.07) is 4.28. The maximum atomic E-state index is 5.64. The number of rotatable bonds is 4. The van der Waals surface area contributed by atoms with Crippen molar-refractivity contribution in [2.75, 3.05) is 0 Å². The first-order valence-electron chi connectivity index (χ1n) is 5.30. The van der Waals surface area contributed by atoms with Crippen LogP contribution in [0.3, 0.4) is 0 Å². The van der Waals surface area contributed by atoms with Crippen LogP contribution < -0.4 is 11.3 Å². The second kappa shape index (κ2) is 5.30. The molecular formula is C11H15BrN4S. The Balaban J connectivity index is 2.19. The third kappa shape index (κ3) is 2.95. The molecule has 0 amide bonds. The fraction of sp³-hybridized carbons (Fsp3) is 0.364. The molecule has 6 heteroatoms. The number of nitrogens with two attached hydrogens (primary N) is 1. The van der Waals surface area contributed by atoms with Crippen LogP contribution in [0.2, 0.25) is 0 Å². The molecule has 0 aliphatic rings. The van der Waals surface area contributed by atoms with Gasteiger partial charge in [0.15, 0.2) is 0 Å². The van der Waals surface area contributed by atoms with Gasteiger partial charge < -0.3 is 0 Å². The fourth-order valence-corrected chi connectivity index (χ4v) is 3.41. The molecule has 1 unspecified atom stereocenters. The number of hydrogen-bond acceptors (Lipinski definition) is 4. The summed E-state index contributed by atoms with van der Waals surface area (Å²) in [4.78, 5) is 1.29. The second-order valence-electron chi connectivity index (χ2n) is 3.97. The molecule has 0 fully saturated rings. The van der Waals surface area contributed by atoms with E-state index in [4.69, 9.17) is 5.84 Å². The number of halogens is 1. The van der Waals surface area contributed by atoms with Crippen molar-refractivity contribution in [3.05, 3.63) is 38.3 Å². The first-order valence-corrected chi connectivity index (χ1v) is 6.91. The average molecular weight is 315 g/mol. The Morgan fingerprint density at radius 2 is 2.35 bits per heavy atom. The highest BCUT2D eigenvalue weighted by atomic mass is 79.9. The van der Waals surface area contributed by atoms with Gasteiger partial charge in [-0.25, -0.2) is 0 Å². The molecule has 0 spiro atoms. The lowest BCUT2D eigenvalue weighted by Crippen LogP contribution is -2.29. The smallest absolute Gasteiger partial charge is 0.0701 e. The SMILES string of the molecule is Cc1nn(C)cc1C(Cc1ccc(Br)s1)NN. The van der Waals surface area contributed by atoms with E-state index < -0.39 is 0 Å². The van der Waals surface area contributed by atoms with Gasteiger partial charge in [0.25, 0.3) is 0 Å². The van der Waals surface area contributed by atoms with Crippen LogP contribution in [-0.2, 0) is 13.5 Å². The highest BCUT2D eigenvalue weighted by Crippen LogP contribution is 2.27. The molecule has 0 saturated carbocycles. The Bertz CT molecular complexity index is 505. The lowest BCUT2D eigenvalue weighted by atomic mass is 10.1. The standard InChI is InChI=1S/C11H15BrN4S/c1-7-9(6-16(2)15-7)10(14-13)5-8-3-4-11(12)17-8/h3-4,6,10,14H,5,13H2,1-2H3. The van der Waals surface area contributed by atoms with Gasteiger partial charge in [-0.3, -0.25) is 16.0 Å². The van der Waals surface area contributed by atoms with Gasteiger partial charge in [0.2, 0.25) is 0 Å². The van der Waals surface area contributed by atoms with Crippen LogP contribution in [0.25, 0.3) is 0 Å². The normalized spacial score (nSPS) is 12.9. The quantitative estimate of drug-likeness (QED) is 0.672. The summed E-state index contributed by atoms with van der Waals surface area (Å²) in [5.74, 6) is 5.64. The van der Waals surface area contributed by atoms with Crippen LogP contribution >= 0.6 is 27.3 Å². The zero-order valence-corrected chi connectivity index (χ0v) is 12.2. The molecular weight excluding hydrogens is 300 g/mol. The number of hydrazine groups is 1. The molecule has 0 saturated heterocycles. The molecule has 0 aliphatic heterocycles. The summed E-state index contributed by atoms with van der Waals surface area (Å²) in [5, 5.41) is 4.34. The van der Waals surface area contributed by atoms with Gasteiger partial charge in [0.1, 0.15) is 0 Å². The second-order valence-corrected chi connectivity index (χ2v) is 6.52. The van der Waals surface area contributed by atoms with Crippen LogP contribution in [0.5, 0.6) is 0 Å². The molecule has 3 N–H and O–H groups in total. The Hall–Kier alpha value is -0.690. The predicted molar refractivity (Wildman–Crippen MR) is 73.7 cm³/mol. The number of aryl methyl sites for hydroxylation is 2. The summed E-state index contributed by atoms with van der Waals surface area (Å²) < 4.78 is 2.96. The number of nitrogens with one attached hydrogen (secondary N) is 1. The zero-order chi connectivity index (χ0) is 12.4. The maximum absolute atomic E-state index is 5.64. The molecule has 2 rings (SSSR count). The minimum atomic E-state index is 0.106.